The Morgan fingerprint density at radius 1 is 1.14 bits per heavy atom. The van der Waals surface area contributed by atoms with Gasteiger partial charge in [0, 0.05) is 20.4 Å². The highest BCUT2D eigenvalue weighted by atomic mass is 127. The second-order valence-electron chi connectivity index (χ2n) is 4.41. The zero-order valence-corrected chi connectivity index (χ0v) is 13.1. The van der Waals surface area contributed by atoms with E-state index >= 15 is 0 Å². The Kier molecular flexibility index (Phi) is 4.01. The molecule has 1 amide bonds. The van der Waals surface area contributed by atoms with Gasteiger partial charge in [0.05, 0.1) is 6.20 Å². The summed E-state index contributed by atoms with van der Waals surface area (Å²) in [5, 5.41) is 2.88. The van der Waals surface area contributed by atoms with E-state index in [0.717, 1.165) is 9.13 Å². The van der Waals surface area contributed by atoms with Gasteiger partial charge in [-0.1, -0.05) is 12.1 Å². The lowest BCUT2D eigenvalue weighted by molar-refractivity contribution is 0.102. The van der Waals surface area contributed by atoms with E-state index in [4.69, 9.17) is 4.42 Å². The van der Waals surface area contributed by atoms with Crippen molar-refractivity contribution in [1.82, 2.24) is 4.98 Å². The van der Waals surface area contributed by atoms with E-state index in [1.807, 2.05) is 36.4 Å². The molecule has 0 fully saturated rings. The standard InChI is InChI=1S/C16H11IN2O2/c17-13-6-4-11(5-7-13)16(20)19-14-3-1-2-12(8-14)15-9-18-10-21-15/h1-10H,(H,19,20). The second-order valence-corrected chi connectivity index (χ2v) is 5.65. The lowest BCUT2D eigenvalue weighted by Crippen LogP contribution is -2.11. The van der Waals surface area contributed by atoms with Crippen molar-refractivity contribution in [3.8, 4) is 11.3 Å². The van der Waals surface area contributed by atoms with Crippen LogP contribution in [-0.2, 0) is 0 Å². The number of rotatable bonds is 3. The van der Waals surface area contributed by atoms with Crippen LogP contribution in [0.4, 0.5) is 5.69 Å². The van der Waals surface area contributed by atoms with Gasteiger partial charge in [-0.3, -0.25) is 4.79 Å². The van der Waals surface area contributed by atoms with Crippen molar-refractivity contribution in [2.75, 3.05) is 5.32 Å². The van der Waals surface area contributed by atoms with E-state index in [1.54, 1.807) is 18.3 Å². The smallest absolute Gasteiger partial charge is 0.255 e. The highest BCUT2D eigenvalue weighted by Gasteiger charge is 2.07. The minimum Gasteiger partial charge on any atom is -0.444 e. The van der Waals surface area contributed by atoms with Gasteiger partial charge in [0.1, 0.15) is 0 Å². The van der Waals surface area contributed by atoms with Gasteiger partial charge < -0.3 is 9.73 Å². The number of benzene rings is 2. The molecule has 104 valence electrons. The lowest BCUT2D eigenvalue weighted by atomic mass is 10.1. The number of carbonyl (C=O) groups excluding carboxylic acids is 1. The van der Waals surface area contributed by atoms with Crippen molar-refractivity contribution >= 4 is 34.2 Å². The molecule has 0 saturated heterocycles. The summed E-state index contributed by atoms with van der Waals surface area (Å²) in [6, 6.07) is 14.9. The van der Waals surface area contributed by atoms with Gasteiger partial charge in [-0.25, -0.2) is 4.98 Å². The van der Waals surface area contributed by atoms with Crippen LogP contribution < -0.4 is 5.32 Å². The zero-order chi connectivity index (χ0) is 14.7. The zero-order valence-electron chi connectivity index (χ0n) is 10.9. The number of aromatic nitrogens is 1. The number of hydrogen-bond acceptors (Lipinski definition) is 3. The summed E-state index contributed by atoms with van der Waals surface area (Å²) >= 11 is 2.21. The number of anilines is 1. The number of nitrogens with zero attached hydrogens (tertiary/aromatic N) is 1. The molecule has 4 nitrogen and oxygen atoms in total. The van der Waals surface area contributed by atoms with Gasteiger partial charge >= 0.3 is 0 Å². The summed E-state index contributed by atoms with van der Waals surface area (Å²) in [5.74, 6) is 0.529. The van der Waals surface area contributed by atoms with Gasteiger partial charge in [-0.05, 0) is 59.0 Å². The Bertz CT molecular complexity index is 752. The van der Waals surface area contributed by atoms with Crippen LogP contribution in [0.5, 0.6) is 0 Å². The molecule has 0 bridgehead atoms. The predicted molar refractivity (Wildman–Crippen MR) is 89.1 cm³/mol. The van der Waals surface area contributed by atoms with Gasteiger partial charge in [0.2, 0.25) is 0 Å². The molecule has 1 aromatic heterocycles. The fourth-order valence-electron chi connectivity index (χ4n) is 1.91. The van der Waals surface area contributed by atoms with Crippen LogP contribution in [0.25, 0.3) is 11.3 Å². The summed E-state index contributed by atoms with van der Waals surface area (Å²) < 4.78 is 6.35. The monoisotopic (exact) mass is 390 g/mol. The molecule has 3 aromatic rings. The van der Waals surface area contributed by atoms with Crippen molar-refractivity contribution in [2.45, 2.75) is 0 Å². The first kappa shape index (κ1) is 13.8. The lowest BCUT2D eigenvalue weighted by Gasteiger charge is -2.06. The van der Waals surface area contributed by atoms with Gasteiger partial charge in [-0.2, -0.15) is 0 Å². The van der Waals surface area contributed by atoms with Gasteiger partial charge in [0.15, 0.2) is 12.2 Å². The van der Waals surface area contributed by atoms with Crippen molar-refractivity contribution in [3.05, 3.63) is 70.3 Å². The number of nitrogens with one attached hydrogen (secondary N) is 1. The summed E-state index contributed by atoms with van der Waals surface area (Å²) in [6.45, 7) is 0. The van der Waals surface area contributed by atoms with Crippen molar-refractivity contribution in [1.29, 1.82) is 0 Å². The molecule has 2 aromatic carbocycles. The first-order valence-electron chi connectivity index (χ1n) is 6.28. The average molecular weight is 390 g/mol. The molecule has 0 radical (unpaired) electrons. The number of amides is 1. The summed E-state index contributed by atoms with van der Waals surface area (Å²) in [4.78, 5) is 16.1. The molecule has 0 aliphatic heterocycles. The molecule has 0 saturated carbocycles. The van der Waals surface area contributed by atoms with Crippen LogP contribution in [0.1, 0.15) is 10.4 Å². The van der Waals surface area contributed by atoms with E-state index in [1.165, 1.54) is 6.39 Å². The maximum absolute atomic E-state index is 12.2. The Morgan fingerprint density at radius 3 is 2.67 bits per heavy atom. The molecule has 1 N–H and O–H groups in total. The fourth-order valence-corrected chi connectivity index (χ4v) is 2.27. The van der Waals surface area contributed by atoms with Gasteiger partial charge in [0.25, 0.3) is 5.91 Å². The summed E-state index contributed by atoms with van der Waals surface area (Å²) in [6.07, 6.45) is 3.02. The third-order valence-electron chi connectivity index (χ3n) is 2.94. The molecule has 0 aliphatic rings. The van der Waals surface area contributed by atoms with Crippen molar-refractivity contribution in [2.24, 2.45) is 0 Å². The predicted octanol–water partition coefficient (Wildman–Crippen LogP) is 4.20. The normalized spacial score (nSPS) is 10.3. The largest absolute Gasteiger partial charge is 0.444 e. The third kappa shape index (κ3) is 3.30. The molecule has 0 atom stereocenters. The molecule has 0 spiro atoms. The second kappa shape index (κ2) is 6.09. The first-order valence-corrected chi connectivity index (χ1v) is 7.36. The van der Waals surface area contributed by atoms with E-state index in [-0.39, 0.29) is 5.91 Å². The van der Waals surface area contributed by atoms with Crippen LogP contribution in [0.3, 0.4) is 0 Å². The fraction of sp³-hybridized carbons (Fsp3) is 0. The maximum atomic E-state index is 12.2. The summed E-state index contributed by atoms with van der Waals surface area (Å²) in [7, 11) is 0. The third-order valence-corrected chi connectivity index (χ3v) is 3.66. The average Bonchev–Trinajstić information content (AvgIpc) is 3.02. The van der Waals surface area contributed by atoms with Gasteiger partial charge in [-0.15, -0.1) is 0 Å². The molecule has 5 heteroatoms. The van der Waals surface area contributed by atoms with Crippen LogP contribution in [-0.4, -0.2) is 10.9 Å². The van der Waals surface area contributed by atoms with Crippen LogP contribution >= 0.6 is 22.6 Å². The number of oxazole rings is 1. The molecule has 21 heavy (non-hydrogen) atoms. The Hall–Kier alpha value is -2.15. The summed E-state index contributed by atoms with van der Waals surface area (Å²) in [5.41, 5.74) is 2.21. The molecule has 1 heterocycles. The SMILES string of the molecule is O=C(Nc1cccc(-c2cnco2)c1)c1ccc(I)cc1. The molecule has 3 rings (SSSR count). The highest BCUT2D eigenvalue weighted by molar-refractivity contribution is 14.1. The maximum Gasteiger partial charge on any atom is 0.255 e. The van der Waals surface area contributed by atoms with E-state index in [9.17, 15) is 4.79 Å². The topological polar surface area (TPSA) is 55.1 Å². The molecular formula is C16H11IN2O2. The first-order chi connectivity index (χ1) is 10.2. The number of hydrogen-bond donors (Lipinski definition) is 1. The number of carbonyl (C=O) groups is 1. The Labute approximate surface area is 135 Å². The minimum absolute atomic E-state index is 0.138. The van der Waals surface area contributed by atoms with Crippen molar-refractivity contribution < 1.29 is 9.21 Å². The number of halogens is 1. The molecule has 0 aliphatic carbocycles. The van der Waals surface area contributed by atoms with E-state index in [2.05, 4.69) is 32.9 Å². The van der Waals surface area contributed by atoms with E-state index in [0.29, 0.717) is 17.0 Å². The van der Waals surface area contributed by atoms with Crippen LogP contribution in [0.2, 0.25) is 0 Å². The molecular weight excluding hydrogens is 379 g/mol. The quantitative estimate of drug-likeness (QED) is 0.683. The Morgan fingerprint density at radius 2 is 1.95 bits per heavy atom. The van der Waals surface area contributed by atoms with Crippen LogP contribution in [0.15, 0.2) is 65.5 Å². The highest BCUT2D eigenvalue weighted by Crippen LogP contribution is 2.22. The van der Waals surface area contributed by atoms with Crippen molar-refractivity contribution in [3.63, 3.8) is 0 Å². The Balaban J connectivity index is 1.80. The van der Waals surface area contributed by atoms with Crippen LogP contribution in [0, 0.1) is 3.57 Å². The minimum atomic E-state index is -0.138. The molecule has 0 unspecified atom stereocenters. The van der Waals surface area contributed by atoms with E-state index < -0.39 is 0 Å².